The molecule has 0 bridgehead atoms. The van der Waals surface area contributed by atoms with Gasteiger partial charge in [-0.1, -0.05) is 12.1 Å². The van der Waals surface area contributed by atoms with Crippen molar-refractivity contribution in [3.05, 3.63) is 47.4 Å². The number of ether oxygens (including phenoxy) is 2. The molecule has 112 valence electrons. The van der Waals surface area contributed by atoms with Crippen molar-refractivity contribution in [1.29, 1.82) is 0 Å². The van der Waals surface area contributed by atoms with Crippen molar-refractivity contribution < 1.29 is 9.47 Å². The molecule has 21 heavy (non-hydrogen) atoms. The summed E-state index contributed by atoms with van der Waals surface area (Å²) in [5, 5.41) is 3.19. The van der Waals surface area contributed by atoms with E-state index in [2.05, 4.69) is 15.3 Å². The Labute approximate surface area is 125 Å². The van der Waals surface area contributed by atoms with E-state index in [1.807, 2.05) is 44.2 Å². The number of rotatable bonds is 7. The van der Waals surface area contributed by atoms with Gasteiger partial charge in [0.15, 0.2) is 5.82 Å². The first-order valence-electron chi connectivity index (χ1n) is 7.00. The third-order valence-corrected chi connectivity index (χ3v) is 2.89. The lowest BCUT2D eigenvalue weighted by Gasteiger charge is -2.08. The molecule has 0 radical (unpaired) electrons. The Balaban J connectivity index is 1.93. The monoisotopic (exact) mass is 287 g/mol. The SMILES string of the molecule is CCNc1cc(C)nc(COCc2cccc(OC)c2)n1. The minimum atomic E-state index is 0.386. The van der Waals surface area contributed by atoms with Crippen LogP contribution in [0.2, 0.25) is 0 Å². The van der Waals surface area contributed by atoms with Gasteiger partial charge < -0.3 is 14.8 Å². The summed E-state index contributed by atoms with van der Waals surface area (Å²) in [5.74, 6) is 2.36. The highest BCUT2D eigenvalue weighted by Gasteiger charge is 2.03. The Morgan fingerprint density at radius 2 is 2.00 bits per heavy atom. The molecule has 1 aromatic heterocycles. The van der Waals surface area contributed by atoms with Gasteiger partial charge >= 0.3 is 0 Å². The summed E-state index contributed by atoms with van der Waals surface area (Å²) in [5.41, 5.74) is 2.00. The van der Waals surface area contributed by atoms with Gasteiger partial charge in [0, 0.05) is 18.3 Å². The first-order valence-corrected chi connectivity index (χ1v) is 7.00. The molecule has 2 rings (SSSR count). The lowest BCUT2D eigenvalue weighted by Crippen LogP contribution is -2.06. The molecule has 0 aliphatic rings. The third-order valence-electron chi connectivity index (χ3n) is 2.89. The average Bonchev–Trinajstić information content (AvgIpc) is 2.47. The molecule has 5 heteroatoms. The Hall–Kier alpha value is -2.14. The van der Waals surface area contributed by atoms with Gasteiger partial charge in [-0.05, 0) is 31.5 Å². The largest absolute Gasteiger partial charge is 0.497 e. The zero-order valence-electron chi connectivity index (χ0n) is 12.7. The number of aromatic nitrogens is 2. The van der Waals surface area contributed by atoms with Crippen LogP contribution in [0.1, 0.15) is 24.0 Å². The summed E-state index contributed by atoms with van der Waals surface area (Å²) in [7, 11) is 1.66. The number of nitrogens with zero attached hydrogens (tertiary/aromatic N) is 2. The van der Waals surface area contributed by atoms with Gasteiger partial charge in [-0.2, -0.15) is 0 Å². The first kappa shape index (κ1) is 15.3. The Morgan fingerprint density at radius 3 is 2.76 bits per heavy atom. The molecule has 0 saturated carbocycles. The quantitative estimate of drug-likeness (QED) is 0.848. The second-order valence-corrected chi connectivity index (χ2v) is 4.69. The second-order valence-electron chi connectivity index (χ2n) is 4.69. The Kier molecular flexibility index (Phi) is 5.51. The van der Waals surface area contributed by atoms with Gasteiger partial charge in [-0.15, -0.1) is 0 Å². The lowest BCUT2D eigenvalue weighted by atomic mass is 10.2. The predicted molar refractivity (Wildman–Crippen MR) is 82.4 cm³/mol. The van der Waals surface area contributed by atoms with E-state index in [9.17, 15) is 0 Å². The molecule has 0 amide bonds. The van der Waals surface area contributed by atoms with Crippen LogP contribution in [0.25, 0.3) is 0 Å². The third kappa shape index (κ3) is 4.72. The van der Waals surface area contributed by atoms with Gasteiger partial charge in [0.1, 0.15) is 18.2 Å². The second kappa shape index (κ2) is 7.59. The summed E-state index contributed by atoms with van der Waals surface area (Å²) in [6, 6.07) is 9.75. The highest BCUT2D eigenvalue weighted by Crippen LogP contribution is 2.14. The normalized spacial score (nSPS) is 10.4. The number of anilines is 1. The van der Waals surface area contributed by atoms with Gasteiger partial charge in [0.2, 0.25) is 0 Å². The van der Waals surface area contributed by atoms with Crippen LogP contribution in [0, 0.1) is 6.92 Å². The predicted octanol–water partition coefficient (Wildman–Crippen LogP) is 2.94. The van der Waals surface area contributed by atoms with Crippen LogP contribution in [0.5, 0.6) is 5.75 Å². The molecule has 0 fully saturated rings. The van der Waals surface area contributed by atoms with Crippen molar-refractivity contribution in [2.24, 2.45) is 0 Å². The molecular weight excluding hydrogens is 266 g/mol. The van der Waals surface area contributed by atoms with Gasteiger partial charge in [-0.25, -0.2) is 9.97 Å². The lowest BCUT2D eigenvalue weighted by molar-refractivity contribution is 0.101. The van der Waals surface area contributed by atoms with Crippen LogP contribution in [0.3, 0.4) is 0 Å². The summed E-state index contributed by atoms with van der Waals surface area (Å²) >= 11 is 0. The molecule has 2 aromatic rings. The molecule has 0 saturated heterocycles. The average molecular weight is 287 g/mol. The smallest absolute Gasteiger partial charge is 0.156 e. The molecule has 0 atom stereocenters. The van der Waals surface area contributed by atoms with Crippen molar-refractivity contribution in [2.75, 3.05) is 19.0 Å². The zero-order valence-corrected chi connectivity index (χ0v) is 12.7. The van der Waals surface area contributed by atoms with E-state index in [4.69, 9.17) is 9.47 Å². The first-order chi connectivity index (χ1) is 10.2. The summed E-state index contributed by atoms with van der Waals surface area (Å²) in [6.07, 6.45) is 0. The van der Waals surface area contributed by atoms with Crippen molar-refractivity contribution >= 4 is 5.82 Å². The Morgan fingerprint density at radius 1 is 1.14 bits per heavy atom. The molecule has 5 nitrogen and oxygen atoms in total. The molecule has 0 unspecified atom stereocenters. The van der Waals surface area contributed by atoms with Crippen LogP contribution >= 0.6 is 0 Å². The summed E-state index contributed by atoms with van der Waals surface area (Å²) in [4.78, 5) is 8.80. The summed E-state index contributed by atoms with van der Waals surface area (Å²) < 4.78 is 10.9. The highest BCUT2D eigenvalue weighted by molar-refractivity contribution is 5.35. The maximum absolute atomic E-state index is 5.69. The van der Waals surface area contributed by atoms with Crippen LogP contribution < -0.4 is 10.1 Å². The number of hydrogen-bond donors (Lipinski definition) is 1. The van der Waals surface area contributed by atoms with Crippen molar-refractivity contribution in [2.45, 2.75) is 27.1 Å². The fourth-order valence-corrected chi connectivity index (χ4v) is 1.99. The molecule has 0 spiro atoms. The molecule has 1 aromatic carbocycles. The number of aryl methyl sites for hydroxylation is 1. The van der Waals surface area contributed by atoms with Crippen LogP contribution in [-0.4, -0.2) is 23.6 Å². The maximum atomic E-state index is 5.69. The van der Waals surface area contributed by atoms with Gasteiger partial charge in [0.25, 0.3) is 0 Å². The Bertz CT molecular complexity index is 587. The minimum Gasteiger partial charge on any atom is -0.497 e. The minimum absolute atomic E-state index is 0.386. The standard InChI is InChI=1S/C16H21N3O2/c1-4-17-15-8-12(2)18-16(19-15)11-21-10-13-6-5-7-14(9-13)20-3/h5-9H,4,10-11H2,1-3H3,(H,17,18,19). The van der Waals surface area contributed by atoms with Crippen molar-refractivity contribution in [3.63, 3.8) is 0 Å². The molecule has 0 aliphatic carbocycles. The van der Waals surface area contributed by atoms with Gasteiger partial charge in [0.05, 0.1) is 13.7 Å². The van der Waals surface area contributed by atoms with E-state index in [-0.39, 0.29) is 0 Å². The summed E-state index contributed by atoms with van der Waals surface area (Å²) in [6.45, 7) is 5.72. The van der Waals surface area contributed by atoms with E-state index in [1.54, 1.807) is 7.11 Å². The zero-order chi connectivity index (χ0) is 15.1. The number of methoxy groups -OCH3 is 1. The van der Waals surface area contributed by atoms with Crippen LogP contribution in [-0.2, 0) is 18.0 Å². The fraction of sp³-hybridized carbons (Fsp3) is 0.375. The number of nitrogens with one attached hydrogen (secondary N) is 1. The van der Waals surface area contributed by atoms with E-state index >= 15 is 0 Å². The maximum Gasteiger partial charge on any atom is 0.156 e. The molecular formula is C16H21N3O2. The number of hydrogen-bond acceptors (Lipinski definition) is 5. The van der Waals surface area contributed by atoms with Crippen molar-refractivity contribution in [1.82, 2.24) is 9.97 Å². The van der Waals surface area contributed by atoms with Gasteiger partial charge in [-0.3, -0.25) is 0 Å². The van der Waals surface area contributed by atoms with Crippen molar-refractivity contribution in [3.8, 4) is 5.75 Å². The highest BCUT2D eigenvalue weighted by atomic mass is 16.5. The van der Waals surface area contributed by atoms with E-state index in [0.29, 0.717) is 19.0 Å². The van der Waals surface area contributed by atoms with E-state index < -0.39 is 0 Å². The number of benzene rings is 1. The fourth-order valence-electron chi connectivity index (χ4n) is 1.99. The molecule has 1 heterocycles. The van der Waals surface area contributed by atoms with E-state index in [0.717, 1.165) is 29.4 Å². The molecule has 0 aliphatic heterocycles. The van der Waals surface area contributed by atoms with E-state index in [1.165, 1.54) is 0 Å². The van der Waals surface area contributed by atoms with Crippen LogP contribution in [0.4, 0.5) is 5.82 Å². The topological polar surface area (TPSA) is 56.3 Å². The molecule has 1 N–H and O–H groups in total. The van der Waals surface area contributed by atoms with Crippen LogP contribution in [0.15, 0.2) is 30.3 Å².